The third kappa shape index (κ3) is 2.95. The second kappa shape index (κ2) is 4.27. The molecule has 0 fully saturated rings. The Morgan fingerprint density at radius 3 is 2.43 bits per heavy atom. The fraction of sp³-hybridized carbons (Fsp3) is 0.300. The van der Waals surface area contributed by atoms with Crippen LogP contribution in [0.5, 0.6) is 0 Å². The fourth-order valence-corrected chi connectivity index (χ4v) is 1.46. The number of hydrogen-bond donors (Lipinski definition) is 2. The SMILES string of the molecule is C[C@@](N)(Cc1ccc(I)cc1)C(=O)O. The Balaban J connectivity index is 2.79. The molecule has 4 heteroatoms. The number of aliphatic carboxylic acids is 1. The van der Waals surface area contributed by atoms with E-state index in [1.165, 1.54) is 6.92 Å². The van der Waals surface area contributed by atoms with Gasteiger partial charge in [0.1, 0.15) is 5.54 Å². The second-order valence-corrected chi connectivity index (χ2v) is 4.77. The molecule has 76 valence electrons. The minimum atomic E-state index is -1.19. The quantitative estimate of drug-likeness (QED) is 0.835. The molecule has 1 aromatic carbocycles. The largest absolute Gasteiger partial charge is 0.480 e. The van der Waals surface area contributed by atoms with Gasteiger partial charge in [0, 0.05) is 9.99 Å². The van der Waals surface area contributed by atoms with Crippen molar-refractivity contribution >= 4 is 28.6 Å². The molecule has 14 heavy (non-hydrogen) atoms. The summed E-state index contributed by atoms with van der Waals surface area (Å²) in [5, 5.41) is 8.83. The summed E-state index contributed by atoms with van der Waals surface area (Å²) in [6.45, 7) is 1.52. The molecular formula is C10H12INO2. The first kappa shape index (κ1) is 11.5. The molecule has 0 aromatic heterocycles. The van der Waals surface area contributed by atoms with Gasteiger partial charge in [-0.15, -0.1) is 0 Å². The van der Waals surface area contributed by atoms with E-state index in [0.717, 1.165) is 9.13 Å². The molecule has 0 unspecified atom stereocenters. The van der Waals surface area contributed by atoms with Crippen LogP contribution in [0.25, 0.3) is 0 Å². The van der Waals surface area contributed by atoms with E-state index in [-0.39, 0.29) is 0 Å². The lowest BCUT2D eigenvalue weighted by Crippen LogP contribution is -2.46. The zero-order chi connectivity index (χ0) is 10.8. The van der Waals surface area contributed by atoms with Gasteiger partial charge in [-0.05, 0) is 47.2 Å². The standard InChI is InChI=1S/C10H12INO2/c1-10(12,9(13)14)6-7-2-4-8(11)5-3-7/h2-5H,6,12H2,1H3,(H,13,14)/t10-/m1/s1. The Morgan fingerprint density at radius 1 is 1.50 bits per heavy atom. The maximum Gasteiger partial charge on any atom is 0.323 e. The number of benzene rings is 1. The smallest absolute Gasteiger partial charge is 0.323 e. The minimum absolute atomic E-state index is 0.346. The van der Waals surface area contributed by atoms with Crippen molar-refractivity contribution in [1.29, 1.82) is 0 Å². The average molecular weight is 305 g/mol. The number of carboxylic acids is 1. The molecule has 1 aromatic rings. The van der Waals surface area contributed by atoms with Crippen LogP contribution in [0.15, 0.2) is 24.3 Å². The van der Waals surface area contributed by atoms with Crippen molar-refractivity contribution in [2.45, 2.75) is 18.9 Å². The Kier molecular flexibility index (Phi) is 3.49. The van der Waals surface area contributed by atoms with Crippen LogP contribution in [-0.2, 0) is 11.2 Å². The highest BCUT2D eigenvalue weighted by molar-refractivity contribution is 14.1. The van der Waals surface area contributed by atoms with Crippen LogP contribution < -0.4 is 5.73 Å². The minimum Gasteiger partial charge on any atom is -0.480 e. The zero-order valence-electron chi connectivity index (χ0n) is 7.83. The van der Waals surface area contributed by atoms with E-state index in [0.29, 0.717) is 6.42 Å². The third-order valence-electron chi connectivity index (χ3n) is 1.97. The number of halogens is 1. The molecule has 1 rings (SSSR count). The third-order valence-corrected chi connectivity index (χ3v) is 2.69. The Hall–Kier alpha value is -0.620. The van der Waals surface area contributed by atoms with Crippen molar-refractivity contribution in [3.63, 3.8) is 0 Å². The molecule has 0 amide bonds. The lowest BCUT2D eigenvalue weighted by molar-refractivity contribution is -0.142. The Morgan fingerprint density at radius 2 is 2.00 bits per heavy atom. The van der Waals surface area contributed by atoms with Crippen LogP contribution in [-0.4, -0.2) is 16.6 Å². The monoisotopic (exact) mass is 305 g/mol. The fourth-order valence-electron chi connectivity index (χ4n) is 1.10. The first-order valence-electron chi connectivity index (χ1n) is 4.18. The van der Waals surface area contributed by atoms with Gasteiger partial charge in [-0.1, -0.05) is 12.1 Å². The van der Waals surface area contributed by atoms with Crippen LogP contribution in [0.4, 0.5) is 0 Å². The normalized spacial score (nSPS) is 14.8. The van der Waals surface area contributed by atoms with Crippen LogP contribution >= 0.6 is 22.6 Å². The van der Waals surface area contributed by atoms with Crippen LogP contribution in [0.3, 0.4) is 0 Å². The van der Waals surface area contributed by atoms with Crippen molar-refractivity contribution in [3.8, 4) is 0 Å². The van der Waals surface area contributed by atoms with E-state index in [1.54, 1.807) is 0 Å². The molecule has 0 radical (unpaired) electrons. The van der Waals surface area contributed by atoms with Gasteiger partial charge in [-0.3, -0.25) is 4.79 Å². The van der Waals surface area contributed by atoms with E-state index in [4.69, 9.17) is 10.8 Å². The average Bonchev–Trinajstić information content (AvgIpc) is 2.08. The summed E-state index contributed by atoms with van der Waals surface area (Å²) < 4.78 is 1.13. The molecule has 1 atom stereocenters. The molecule has 3 N–H and O–H groups in total. The molecule has 0 aliphatic carbocycles. The summed E-state index contributed by atoms with van der Waals surface area (Å²) in [6.07, 6.45) is 0.346. The topological polar surface area (TPSA) is 63.3 Å². The molecular weight excluding hydrogens is 293 g/mol. The van der Waals surface area contributed by atoms with Crippen LogP contribution in [0.1, 0.15) is 12.5 Å². The van der Waals surface area contributed by atoms with Gasteiger partial charge in [0.25, 0.3) is 0 Å². The first-order chi connectivity index (χ1) is 6.42. The lowest BCUT2D eigenvalue weighted by Gasteiger charge is -2.18. The summed E-state index contributed by atoms with van der Waals surface area (Å²) >= 11 is 2.20. The van der Waals surface area contributed by atoms with Crippen LogP contribution in [0, 0.1) is 3.57 Å². The highest BCUT2D eigenvalue weighted by atomic mass is 127. The molecule has 0 saturated carbocycles. The maximum atomic E-state index is 10.8. The first-order valence-corrected chi connectivity index (χ1v) is 5.26. The second-order valence-electron chi connectivity index (χ2n) is 3.53. The summed E-state index contributed by atoms with van der Waals surface area (Å²) in [5.41, 5.74) is 5.38. The highest BCUT2D eigenvalue weighted by Crippen LogP contribution is 2.13. The maximum absolute atomic E-state index is 10.8. The molecule has 0 bridgehead atoms. The van der Waals surface area contributed by atoms with E-state index in [2.05, 4.69) is 22.6 Å². The summed E-state index contributed by atoms with van der Waals surface area (Å²) in [6, 6.07) is 7.67. The van der Waals surface area contributed by atoms with Crippen molar-refractivity contribution in [2.24, 2.45) is 5.73 Å². The summed E-state index contributed by atoms with van der Waals surface area (Å²) in [7, 11) is 0. The number of carboxylic acid groups (broad SMARTS) is 1. The number of carbonyl (C=O) groups is 1. The Labute approximate surface area is 96.4 Å². The number of nitrogens with two attached hydrogens (primary N) is 1. The molecule has 0 aliphatic heterocycles. The van der Waals surface area contributed by atoms with E-state index < -0.39 is 11.5 Å². The number of rotatable bonds is 3. The summed E-state index contributed by atoms with van der Waals surface area (Å²) in [5.74, 6) is -0.976. The molecule has 0 saturated heterocycles. The number of hydrogen-bond acceptors (Lipinski definition) is 2. The lowest BCUT2D eigenvalue weighted by atomic mass is 9.94. The van der Waals surface area contributed by atoms with E-state index in [1.807, 2.05) is 24.3 Å². The van der Waals surface area contributed by atoms with Gasteiger partial charge in [-0.2, -0.15) is 0 Å². The molecule has 0 spiro atoms. The van der Waals surface area contributed by atoms with E-state index >= 15 is 0 Å². The predicted octanol–water partition coefficient (Wildman–Crippen LogP) is 1.64. The van der Waals surface area contributed by atoms with Gasteiger partial charge in [0.2, 0.25) is 0 Å². The zero-order valence-corrected chi connectivity index (χ0v) is 9.98. The van der Waals surface area contributed by atoms with Crippen molar-refractivity contribution in [3.05, 3.63) is 33.4 Å². The highest BCUT2D eigenvalue weighted by Gasteiger charge is 2.27. The van der Waals surface area contributed by atoms with Crippen molar-refractivity contribution in [1.82, 2.24) is 0 Å². The molecule has 0 aliphatic rings. The van der Waals surface area contributed by atoms with Gasteiger partial charge in [-0.25, -0.2) is 0 Å². The molecule has 0 heterocycles. The summed E-state index contributed by atoms with van der Waals surface area (Å²) in [4.78, 5) is 10.8. The van der Waals surface area contributed by atoms with Gasteiger partial charge < -0.3 is 10.8 Å². The van der Waals surface area contributed by atoms with Crippen LogP contribution in [0.2, 0.25) is 0 Å². The molecule has 3 nitrogen and oxygen atoms in total. The predicted molar refractivity (Wildman–Crippen MR) is 63.1 cm³/mol. The Bertz CT molecular complexity index is 332. The van der Waals surface area contributed by atoms with Gasteiger partial charge in [0.05, 0.1) is 0 Å². The van der Waals surface area contributed by atoms with Crippen molar-refractivity contribution in [2.75, 3.05) is 0 Å². The van der Waals surface area contributed by atoms with Crippen molar-refractivity contribution < 1.29 is 9.90 Å². The van der Waals surface area contributed by atoms with Gasteiger partial charge in [0.15, 0.2) is 0 Å². The van der Waals surface area contributed by atoms with E-state index in [9.17, 15) is 4.79 Å². The van der Waals surface area contributed by atoms with Gasteiger partial charge >= 0.3 is 5.97 Å².